The van der Waals surface area contributed by atoms with Crippen molar-refractivity contribution in [3.8, 4) is 0 Å². The minimum atomic E-state index is -4.02. The van der Waals surface area contributed by atoms with Crippen LogP contribution in [0.5, 0.6) is 0 Å². The highest BCUT2D eigenvalue weighted by Crippen LogP contribution is 2.46. The van der Waals surface area contributed by atoms with E-state index in [-0.39, 0.29) is 12.6 Å². The summed E-state index contributed by atoms with van der Waals surface area (Å²) in [5.74, 6) is 0. The average Bonchev–Trinajstić information content (AvgIpc) is 2.29. The fraction of sp³-hybridized carbons (Fsp3) is 1.00. The third kappa shape index (κ3) is 3.31. The molecule has 0 amide bonds. The van der Waals surface area contributed by atoms with E-state index in [2.05, 4.69) is 9.42 Å². The summed E-state index contributed by atoms with van der Waals surface area (Å²) < 4.78 is 4.52. The van der Waals surface area contributed by atoms with Gasteiger partial charge in [0.2, 0.25) is 0 Å². The number of nitrogens with zero attached hydrogens (tertiary/aromatic N) is 1. The summed E-state index contributed by atoms with van der Waals surface area (Å²) in [6, 6.07) is 0.204. The predicted octanol–water partition coefficient (Wildman–Crippen LogP) is -0.248. The molecule has 0 radical (unpaired) electrons. The van der Waals surface area contributed by atoms with Crippen LogP contribution in [0, 0.1) is 0 Å². The van der Waals surface area contributed by atoms with Gasteiger partial charge in [-0.2, -0.15) is 19.2 Å². The molecule has 0 aromatic carbocycles. The maximum atomic E-state index is 8.55. The first-order chi connectivity index (χ1) is 5.49. The highest BCUT2D eigenvalue weighted by atomic mass is 31.2. The zero-order chi connectivity index (χ0) is 9.19. The maximum Gasteiger partial charge on any atom is 0.567 e. The van der Waals surface area contributed by atoms with Gasteiger partial charge in [0.1, 0.15) is 6.61 Å². The van der Waals surface area contributed by atoms with E-state index in [0.29, 0.717) is 0 Å². The van der Waals surface area contributed by atoms with Crippen LogP contribution in [0.2, 0.25) is 0 Å². The average molecular weight is 196 g/mol. The molecule has 1 saturated heterocycles. The summed E-state index contributed by atoms with van der Waals surface area (Å²) in [4.78, 5) is 27.7. The number of hydrogen-bond acceptors (Lipinski definition) is 5. The van der Waals surface area contributed by atoms with Crippen LogP contribution in [0.15, 0.2) is 0 Å². The lowest BCUT2D eigenvalue weighted by Crippen LogP contribution is -2.29. The van der Waals surface area contributed by atoms with Gasteiger partial charge in [0.15, 0.2) is 0 Å². The van der Waals surface area contributed by atoms with Gasteiger partial charge in [-0.25, -0.2) is 0 Å². The lowest BCUT2D eigenvalue weighted by atomic mass is 10.2. The lowest BCUT2D eigenvalue weighted by Gasteiger charge is -2.17. The Morgan fingerprint density at radius 1 is 1.50 bits per heavy atom. The second-order valence-corrected chi connectivity index (χ2v) is 4.37. The third-order valence-corrected chi connectivity index (χ3v) is 2.61. The van der Waals surface area contributed by atoms with Crippen molar-refractivity contribution in [2.75, 3.05) is 20.2 Å². The Morgan fingerprint density at radius 3 is 2.58 bits per heavy atom. The van der Waals surface area contributed by atoms with Gasteiger partial charge < -0.3 is 4.90 Å². The van der Waals surface area contributed by atoms with E-state index in [9.17, 15) is 0 Å². The van der Waals surface area contributed by atoms with Crippen LogP contribution >= 0.6 is 8.17 Å². The van der Waals surface area contributed by atoms with Gasteiger partial charge in [-0.15, -0.1) is 0 Å². The molecular weight excluding hydrogens is 181 g/mol. The van der Waals surface area contributed by atoms with Crippen molar-refractivity contribution in [2.45, 2.75) is 18.9 Å². The van der Waals surface area contributed by atoms with Gasteiger partial charge >= 0.3 is 8.17 Å². The van der Waals surface area contributed by atoms with Gasteiger partial charge in [0.05, 0.1) is 0 Å². The van der Waals surface area contributed by atoms with E-state index in [1.807, 2.05) is 7.05 Å². The minimum Gasteiger partial charge on any atom is -0.301 e. The van der Waals surface area contributed by atoms with Crippen LogP contribution in [0.25, 0.3) is 0 Å². The number of rotatable bonds is 3. The molecule has 1 rings (SSSR count). The van der Waals surface area contributed by atoms with Crippen molar-refractivity contribution in [3.63, 3.8) is 0 Å². The summed E-state index contributed by atoms with van der Waals surface area (Å²) >= 11 is 0. The Hall–Kier alpha value is 0.230. The summed E-state index contributed by atoms with van der Waals surface area (Å²) in [5, 5.41) is 0. The molecule has 1 aliphatic rings. The van der Waals surface area contributed by atoms with Crippen LogP contribution in [0.3, 0.4) is 0 Å². The van der Waals surface area contributed by atoms with Crippen LogP contribution in [-0.4, -0.2) is 45.8 Å². The van der Waals surface area contributed by atoms with Crippen molar-refractivity contribution in [3.05, 3.63) is 0 Å². The molecule has 1 unspecified atom stereocenters. The molecule has 0 saturated carbocycles. The molecule has 0 bridgehead atoms. The zero-order valence-electron chi connectivity index (χ0n) is 7.05. The van der Waals surface area contributed by atoms with Gasteiger partial charge in [-0.1, -0.05) is 0 Å². The predicted molar refractivity (Wildman–Crippen MR) is 45.2 cm³/mol. The molecule has 1 heterocycles. The molecule has 1 fully saturated rings. The van der Waals surface area contributed by atoms with Crippen LogP contribution in [-0.2, 0) is 4.52 Å². The maximum absolute atomic E-state index is 8.55. The standard InChI is InChI=1S/C6H15NO4P/c1-7-4-2-3-6(7)5-11-12(8,9)10/h6,8-10H,2-5H2,1H3/q+1. The lowest BCUT2D eigenvalue weighted by molar-refractivity contribution is 0.123. The van der Waals surface area contributed by atoms with Crippen molar-refractivity contribution in [2.24, 2.45) is 0 Å². The number of hydrogen-bond donors (Lipinski definition) is 3. The molecule has 0 aliphatic carbocycles. The fourth-order valence-corrected chi connectivity index (χ4v) is 1.75. The molecule has 72 valence electrons. The third-order valence-electron chi connectivity index (χ3n) is 2.11. The van der Waals surface area contributed by atoms with Crippen LogP contribution in [0.1, 0.15) is 12.8 Å². The second-order valence-electron chi connectivity index (χ2n) is 3.09. The Kier molecular flexibility index (Phi) is 3.40. The first kappa shape index (κ1) is 10.3. The highest BCUT2D eigenvalue weighted by Gasteiger charge is 2.35. The Bertz CT molecular complexity index is 149. The normalized spacial score (nSPS) is 26.5. The van der Waals surface area contributed by atoms with Gasteiger partial charge in [0, 0.05) is 6.04 Å². The molecule has 1 aliphatic heterocycles. The molecule has 0 aromatic rings. The first-order valence-corrected chi connectivity index (χ1v) is 5.47. The van der Waals surface area contributed by atoms with E-state index in [0.717, 1.165) is 19.4 Å². The summed E-state index contributed by atoms with van der Waals surface area (Å²) in [6.45, 7) is 1.19. The highest BCUT2D eigenvalue weighted by molar-refractivity contribution is 7.53. The largest absolute Gasteiger partial charge is 0.567 e. The van der Waals surface area contributed by atoms with Crippen molar-refractivity contribution >= 4 is 8.17 Å². The molecule has 0 spiro atoms. The number of likely N-dealkylation sites (N-methyl/N-ethyl adjacent to an activating group) is 1. The summed E-state index contributed by atoms with van der Waals surface area (Å²) in [5.41, 5.74) is 0. The summed E-state index contributed by atoms with van der Waals surface area (Å²) in [7, 11) is -2.07. The molecular formula is C6H15NO4P+. The second kappa shape index (κ2) is 3.96. The Labute approximate surface area is 72.2 Å². The van der Waals surface area contributed by atoms with Crippen molar-refractivity contribution in [1.82, 2.24) is 4.90 Å². The van der Waals surface area contributed by atoms with Gasteiger partial charge in [-0.05, 0) is 26.4 Å². The molecule has 0 aromatic heterocycles. The Morgan fingerprint density at radius 2 is 2.17 bits per heavy atom. The topological polar surface area (TPSA) is 73.2 Å². The van der Waals surface area contributed by atoms with E-state index >= 15 is 0 Å². The molecule has 12 heavy (non-hydrogen) atoms. The smallest absolute Gasteiger partial charge is 0.301 e. The minimum absolute atomic E-state index is 0.188. The van der Waals surface area contributed by atoms with Gasteiger partial charge in [0.25, 0.3) is 0 Å². The van der Waals surface area contributed by atoms with Crippen LogP contribution < -0.4 is 0 Å². The van der Waals surface area contributed by atoms with E-state index in [4.69, 9.17) is 14.7 Å². The SMILES string of the molecule is CN1CCCC1CO[P+](O)(O)O. The molecule has 5 nitrogen and oxygen atoms in total. The van der Waals surface area contributed by atoms with Crippen molar-refractivity contribution in [1.29, 1.82) is 0 Å². The Balaban J connectivity index is 2.23. The van der Waals surface area contributed by atoms with E-state index < -0.39 is 8.17 Å². The van der Waals surface area contributed by atoms with E-state index in [1.54, 1.807) is 0 Å². The van der Waals surface area contributed by atoms with Gasteiger partial charge in [-0.3, -0.25) is 0 Å². The summed E-state index contributed by atoms with van der Waals surface area (Å²) in [6.07, 6.45) is 2.08. The van der Waals surface area contributed by atoms with E-state index in [1.165, 1.54) is 0 Å². The molecule has 6 heteroatoms. The van der Waals surface area contributed by atoms with Crippen molar-refractivity contribution < 1.29 is 19.2 Å². The fourth-order valence-electron chi connectivity index (χ4n) is 1.38. The molecule has 1 atom stereocenters. The molecule has 3 N–H and O–H groups in total. The van der Waals surface area contributed by atoms with Crippen LogP contribution in [0.4, 0.5) is 0 Å². The monoisotopic (exact) mass is 196 g/mol. The number of likely N-dealkylation sites (tertiary alicyclic amines) is 1. The first-order valence-electron chi connectivity index (χ1n) is 3.91. The zero-order valence-corrected chi connectivity index (χ0v) is 7.94. The quantitative estimate of drug-likeness (QED) is 0.543.